The van der Waals surface area contributed by atoms with Gasteiger partial charge in [0.2, 0.25) is 5.91 Å². The Bertz CT molecular complexity index is 705. The Balaban J connectivity index is 2.00. The zero-order chi connectivity index (χ0) is 16.3. The van der Waals surface area contributed by atoms with E-state index in [2.05, 4.69) is 10.6 Å². The van der Waals surface area contributed by atoms with Gasteiger partial charge in [0.05, 0.1) is 12.2 Å². The van der Waals surface area contributed by atoms with E-state index in [0.717, 1.165) is 12.1 Å². The lowest BCUT2D eigenvalue weighted by Crippen LogP contribution is -2.22. The van der Waals surface area contributed by atoms with Crippen molar-refractivity contribution in [1.82, 2.24) is 0 Å². The van der Waals surface area contributed by atoms with Crippen molar-refractivity contribution in [3.05, 3.63) is 57.8 Å². The fourth-order valence-corrected chi connectivity index (χ4v) is 2.20. The van der Waals surface area contributed by atoms with Crippen LogP contribution in [0.3, 0.4) is 0 Å². The standard InChI is InChI=1S/C14H9Cl2F3N2O/c15-7-3-8(16)5-9(4-7)21-12(22)6-20-11-2-1-10(17)13(18)14(11)19/h1-5,20H,6H2,(H,21,22). The highest BCUT2D eigenvalue weighted by Crippen LogP contribution is 2.22. The van der Waals surface area contributed by atoms with Crippen LogP contribution in [0.25, 0.3) is 0 Å². The highest BCUT2D eigenvalue weighted by atomic mass is 35.5. The molecule has 0 bridgehead atoms. The maximum absolute atomic E-state index is 13.4. The topological polar surface area (TPSA) is 41.1 Å². The van der Waals surface area contributed by atoms with Crippen LogP contribution in [-0.2, 0) is 4.79 Å². The molecule has 0 saturated heterocycles. The van der Waals surface area contributed by atoms with Crippen molar-refractivity contribution in [3.63, 3.8) is 0 Å². The van der Waals surface area contributed by atoms with E-state index in [1.54, 1.807) is 0 Å². The molecule has 2 rings (SSSR count). The monoisotopic (exact) mass is 348 g/mol. The summed E-state index contributed by atoms with van der Waals surface area (Å²) in [5.41, 5.74) is 0.0354. The van der Waals surface area contributed by atoms with Gasteiger partial charge in [0, 0.05) is 15.7 Å². The summed E-state index contributed by atoms with van der Waals surface area (Å²) >= 11 is 11.6. The Hall–Kier alpha value is -1.92. The SMILES string of the molecule is O=C(CNc1ccc(F)c(F)c1F)Nc1cc(Cl)cc(Cl)c1. The number of carbonyl (C=O) groups excluding carboxylic acids is 1. The highest BCUT2D eigenvalue weighted by molar-refractivity contribution is 6.35. The van der Waals surface area contributed by atoms with E-state index >= 15 is 0 Å². The summed E-state index contributed by atoms with van der Waals surface area (Å²) in [5.74, 6) is -4.84. The summed E-state index contributed by atoms with van der Waals surface area (Å²) in [6, 6.07) is 6.20. The molecule has 8 heteroatoms. The van der Waals surface area contributed by atoms with Crippen LogP contribution in [-0.4, -0.2) is 12.5 Å². The number of benzene rings is 2. The van der Waals surface area contributed by atoms with Crippen molar-refractivity contribution >= 4 is 40.5 Å². The normalized spacial score (nSPS) is 10.4. The zero-order valence-electron chi connectivity index (χ0n) is 10.9. The average molecular weight is 349 g/mol. The molecule has 0 unspecified atom stereocenters. The fraction of sp³-hybridized carbons (Fsp3) is 0.0714. The third kappa shape index (κ3) is 4.05. The molecule has 0 aliphatic carbocycles. The number of anilines is 2. The molecule has 2 aromatic rings. The van der Waals surface area contributed by atoms with Crippen LogP contribution < -0.4 is 10.6 Å². The van der Waals surface area contributed by atoms with Crippen molar-refractivity contribution in [2.24, 2.45) is 0 Å². The molecule has 0 spiro atoms. The first kappa shape index (κ1) is 16.5. The first-order valence-corrected chi connectivity index (χ1v) is 6.75. The quantitative estimate of drug-likeness (QED) is 0.801. The van der Waals surface area contributed by atoms with Crippen molar-refractivity contribution in [2.75, 3.05) is 17.2 Å². The zero-order valence-corrected chi connectivity index (χ0v) is 12.4. The number of nitrogens with one attached hydrogen (secondary N) is 2. The molecule has 0 fully saturated rings. The number of rotatable bonds is 4. The minimum atomic E-state index is -1.60. The van der Waals surface area contributed by atoms with Crippen LogP contribution in [0.5, 0.6) is 0 Å². The molecule has 1 amide bonds. The largest absolute Gasteiger partial charge is 0.374 e. The van der Waals surface area contributed by atoms with Gasteiger partial charge in [0.15, 0.2) is 17.5 Å². The van der Waals surface area contributed by atoms with Crippen LogP contribution in [0.2, 0.25) is 10.0 Å². The maximum Gasteiger partial charge on any atom is 0.243 e. The molecule has 0 radical (unpaired) electrons. The molecule has 0 aliphatic heterocycles. The molecular weight excluding hydrogens is 340 g/mol. The average Bonchev–Trinajstić information content (AvgIpc) is 2.43. The Morgan fingerprint density at radius 1 is 1.00 bits per heavy atom. The first-order chi connectivity index (χ1) is 10.4. The van der Waals surface area contributed by atoms with Crippen LogP contribution >= 0.6 is 23.2 Å². The lowest BCUT2D eigenvalue weighted by Gasteiger charge is -2.09. The van der Waals surface area contributed by atoms with E-state index in [9.17, 15) is 18.0 Å². The molecule has 0 heterocycles. The van der Waals surface area contributed by atoms with Gasteiger partial charge in [-0.05, 0) is 30.3 Å². The summed E-state index contributed by atoms with van der Waals surface area (Å²) in [4.78, 5) is 11.7. The number of amides is 1. The molecule has 0 aromatic heterocycles. The molecule has 2 aromatic carbocycles. The molecule has 3 nitrogen and oxygen atoms in total. The summed E-state index contributed by atoms with van der Waals surface area (Å²) in [6.07, 6.45) is 0. The smallest absolute Gasteiger partial charge is 0.243 e. The number of hydrogen-bond acceptors (Lipinski definition) is 2. The molecule has 22 heavy (non-hydrogen) atoms. The van der Waals surface area contributed by atoms with Crippen LogP contribution in [0.1, 0.15) is 0 Å². The third-order valence-corrected chi connectivity index (χ3v) is 3.06. The predicted molar refractivity (Wildman–Crippen MR) is 79.9 cm³/mol. The Kier molecular flexibility index (Phi) is 5.15. The van der Waals surface area contributed by atoms with Crippen molar-refractivity contribution in [2.45, 2.75) is 0 Å². The van der Waals surface area contributed by atoms with Gasteiger partial charge in [-0.25, -0.2) is 13.2 Å². The summed E-state index contributed by atoms with van der Waals surface area (Å²) in [6.45, 7) is -0.355. The van der Waals surface area contributed by atoms with Crippen molar-refractivity contribution < 1.29 is 18.0 Å². The third-order valence-electron chi connectivity index (χ3n) is 2.62. The van der Waals surface area contributed by atoms with E-state index in [-0.39, 0.29) is 12.2 Å². The van der Waals surface area contributed by atoms with Gasteiger partial charge in [0.25, 0.3) is 0 Å². The maximum atomic E-state index is 13.4. The van der Waals surface area contributed by atoms with Crippen LogP contribution in [0.15, 0.2) is 30.3 Å². The highest BCUT2D eigenvalue weighted by Gasteiger charge is 2.14. The van der Waals surface area contributed by atoms with Gasteiger partial charge in [-0.2, -0.15) is 0 Å². The van der Waals surface area contributed by atoms with Crippen molar-refractivity contribution in [1.29, 1.82) is 0 Å². The van der Waals surface area contributed by atoms with Crippen LogP contribution in [0.4, 0.5) is 24.5 Å². The lowest BCUT2D eigenvalue weighted by atomic mass is 10.2. The predicted octanol–water partition coefficient (Wildman–Crippen LogP) is 4.46. The molecule has 0 saturated carbocycles. The first-order valence-electron chi connectivity index (χ1n) is 6.00. The summed E-state index contributed by atoms with van der Waals surface area (Å²) < 4.78 is 39.2. The van der Waals surface area contributed by atoms with Crippen LogP contribution in [0, 0.1) is 17.5 Å². The van der Waals surface area contributed by atoms with Gasteiger partial charge in [0.1, 0.15) is 0 Å². The number of carbonyl (C=O) groups is 1. The number of hydrogen-bond donors (Lipinski definition) is 2. The second-order valence-corrected chi connectivity index (χ2v) is 5.16. The van der Waals surface area contributed by atoms with Gasteiger partial charge in [-0.1, -0.05) is 23.2 Å². The van der Waals surface area contributed by atoms with Gasteiger partial charge < -0.3 is 10.6 Å². The Labute approximate surface area is 134 Å². The molecule has 0 aliphatic rings. The van der Waals surface area contributed by atoms with E-state index < -0.39 is 23.4 Å². The minimum absolute atomic E-state index is 0.321. The summed E-state index contributed by atoms with van der Waals surface area (Å²) in [7, 11) is 0. The minimum Gasteiger partial charge on any atom is -0.374 e. The fourth-order valence-electron chi connectivity index (χ4n) is 1.67. The lowest BCUT2D eigenvalue weighted by molar-refractivity contribution is -0.114. The second kappa shape index (κ2) is 6.89. The molecular formula is C14H9Cl2F3N2O. The van der Waals surface area contributed by atoms with E-state index in [0.29, 0.717) is 15.7 Å². The molecule has 2 N–H and O–H groups in total. The van der Waals surface area contributed by atoms with Gasteiger partial charge in [-0.3, -0.25) is 4.79 Å². The van der Waals surface area contributed by atoms with E-state index in [4.69, 9.17) is 23.2 Å². The Morgan fingerprint density at radius 2 is 1.64 bits per heavy atom. The molecule has 0 atom stereocenters. The second-order valence-electron chi connectivity index (χ2n) is 4.28. The van der Waals surface area contributed by atoms with E-state index in [1.165, 1.54) is 18.2 Å². The molecule has 116 valence electrons. The number of halogens is 5. The van der Waals surface area contributed by atoms with E-state index in [1.807, 2.05) is 0 Å². The van der Waals surface area contributed by atoms with Gasteiger partial charge in [-0.15, -0.1) is 0 Å². The Morgan fingerprint density at radius 3 is 2.27 bits per heavy atom. The van der Waals surface area contributed by atoms with Gasteiger partial charge >= 0.3 is 0 Å². The van der Waals surface area contributed by atoms with Crippen molar-refractivity contribution in [3.8, 4) is 0 Å². The summed E-state index contributed by atoms with van der Waals surface area (Å²) in [5, 5.41) is 5.52.